The molecule has 3 heterocycles. The SMILES string of the molecule is N#Cc1c(-c2cccs2)cc(-c2ccco2)[nH]c1=S. The van der Waals surface area contributed by atoms with Gasteiger partial charge in [-0.2, -0.15) is 5.26 Å². The smallest absolute Gasteiger partial charge is 0.150 e. The summed E-state index contributed by atoms with van der Waals surface area (Å²) in [5, 5.41) is 11.2. The average molecular weight is 284 g/mol. The van der Waals surface area contributed by atoms with Crippen molar-refractivity contribution in [3.63, 3.8) is 0 Å². The van der Waals surface area contributed by atoms with Gasteiger partial charge < -0.3 is 9.40 Å². The van der Waals surface area contributed by atoms with Crippen molar-refractivity contribution in [3.05, 3.63) is 52.2 Å². The molecule has 3 nitrogen and oxygen atoms in total. The molecule has 3 rings (SSSR count). The van der Waals surface area contributed by atoms with E-state index in [4.69, 9.17) is 16.6 Å². The van der Waals surface area contributed by atoms with Crippen molar-refractivity contribution in [3.8, 4) is 28.0 Å². The number of hydrogen-bond acceptors (Lipinski definition) is 4. The summed E-state index contributed by atoms with van der Waals surface area (Å²) in [6, 6.07) is 11.7. The molecule has 0 aliphatic heterocycles. The van der Waals surface area contributed by atoms with Crippen molar-refractivity contribution in [2.75, 3.05) is 0 Å². The first-order valence-electron chi connectivity index (χ1n) is 5.55. The average Bonchev–Trinajstić information content (AvgIpc) is 3.11. The number of nitrogens with zero attached hydrogens (tertiary/aromatic N) is 1. The van der Waals surface area contributed by atoms with Crippen molar-refractivity contribution in [1.82, 2.24) is 4.98 Å². The Kier molecular flexibility index (Phi) is 3.03. The second-order valence-corrected chi connectivity index (χ2v) is 5.22. The molecule has 3 aromatic heterocycles. The maximum absolute atomic E-state index is 9.26. The molecule has 0 saturated carbocycles. The predicted molar refractivity (Wildman–Crippen MR) is 77.4 cm³/mol. The quantitative estimate of drug-likeness (QED) is 0.699. The molecule has 1 N–H and O–H groups in total. The molecule has 0 aromatic carbocycles. The van der Waals surface area contributed by atoms with Crippen LogP contribution in [0.15, 0.2) is 46.4 Å². The minimum absolute atomic E-state index is 0.430. The van der Waals surface area contributed by atoms with Crippen molar-refractivity contribution < 1.29 is 4.42 Å². The van der Waals surface area contributed by atoms with E-state index in [1.54, 1.807) is 17.6 Å². The Morgan fingerprint density at radius 1 is 1.32 bits per heavy atom. The van der Waals surface area contributed by atoms with Crippen LogP contribution in [0.2, 0.25) is 0 Å². The Balaban J connectivity index is 2.28. The first-order valence-corrected chi connectivity index (χ1v) is 6.83. The third-order valence-corrected chi connectivity index (χ3v) is 3.93. The highest BCUT2D eigenvalue weighted by Crippen LogP contribution is 2.31. The van der Waals surface area contributed by atoms with Gasteiger partial charge in [-0.05, 0) is 29.6 Å². The highest BCUT2D eigenvalue weighted by molar-refractivity contribution is 7.71. The number of furan rings is 1. The molecule has 5 heteroatoms. The Labute approximate surface area is 118 Å². The van der Waals surface area contributed by atoms with Crippen LogP contribution in [0.5, 0.6) is 0 Å². The Hall–Kier alpha value is -2.16. The molecule has 0 amide bonds. The van der Waals surface area contributed by atoms with E-state index < -0.39 is 0 Å². The fourth-order valence-corrected chi connectivity index (χ4v) is 2.88. The first-order chi connectivity index (χ1) is 9.29. The van der Waals surface area contributed by atoms with Crippen molar-refractivity contribution in [1.29, 1.82) is 5.26 Å². The summed E-state index contributed by atoms with van der Waals surface area (Å²) in [5.74, 6) is 0.702. The van der Waals surface area contributed by atoms with Crippen LogP contribution in [0.4, 0.5) is 0 Å². The molecule has 0 aliphatic carbocycles. The number of H-pyrrole nitrogens is 1. The van der Waals surface area contributed by atoms with E-state index in [1.807, 2.05) is 35.7 Å². The van der Waals surface area contributed by atoms with Gasteiger partial charge in [0.15, 0.2) is 0 Å². The van der Waals surface area contributed by atoms with Crippen LogP contribution in [-0.2, 0) is 0 Å². The number of aromatic amines is 1. The Morgan fingerprint density at radius 2 is 2.21 bits per heavy atom. The third kappa shape index (κ3) is 2.12. The Bertz CT molecular complexity index is 793. The summed E-state index contributed by atoms with van der Waals surface area (Å²) in [6.07, 6.45) is 1.61. The third-order valence-electron chi connectivity index (χ3n) is 2.72. The number of nitriles is 1. The number of pyridine rings is 1. The van der Waals surface area contributed by atoms with Gasteiger partial charge in [-0.15, -0.1) is 11.3 Å². The predicted octanol–water partition coefficient (Wildman–Crippen LogP) is 4.60. The van der Waals surface area contributed by atoms with Gasteiger partial charge in [-0.3, -0.25) is 0 Å². The summed E-state index contributed by atoms with van der Waals surface area (Å²) >= 11 is 6.84. The summed E-state index contributed by atoms with van der Waals surface area (Å²) in [7, 11) is 0. The number of rotatable bonds is 2. The zero-order valence-corrected chi connectivity index (χ0v) is 11.3. The largest absolute Gasteiger partial charge is 0.463 e. The summed E-state index contributed by atoms with van der Waals surface area (Å²) in [4.78, 5) is 4.05. The second kappa shape index (κ2) is 4.84. The molecular formula is C14H8N2OS2. The van der Waals surface area contributed by atoms with Gasteiger partial charge in [0.25, 0.3) is 0 Å². The molecule has 0 atom stereocenters. The summed E-state index contributed by atoms with van der Waals surface area (Å²) in [5.41, 5.74) is 2.11. The van der Waals surface area contributed by atoms with E-state index in [-0.39, 0.29) is 0 Å². The van der Waals surface area contributed by atoms with Gasteiger partial charge in [-0.25, -0.2) is 0 Å². The topological polar surface area (TPSA) is 52.7 Å². The van der Waals surface area contributed by atoms with E-state index in [1.165, 1.54) is 0 Å². The zero-order chi connectivity index (χ0) is 13.2. The van der Waals surface area contributed by atoms with E-state index in [2.05, 4.69) is 11.1 Å². The van der Waals surface area contributed by atoms with Gasteiger partial charge in [0.05, 0.1) is 17.5 Å². The molecule has 19 heavy (non-hydrogen) atoms. The Morgan fingerprint density at radius 3 is 2.84 bits per heavy atom. The molecule has 92 valence electrons. The number of nitrogens with one attached hydrogen (secondary N) is 1. The second-order valence-electron chi connectivity index (χ2n) is 3.87. The standard InChI is InChI=1S/C14H8N2OS2/c15-8-10-9(13-4-2-6-19-13)7-11(16-14(10)18)12-3-1-5-17-12/h1-7H,(H,16,18). The lowest BCUT2D eigenvalue weighted by Gasteiger charge is -2.05. The minimum atomic E-state index is 0.430. The molecule has 0 bridgehead atoms. The number of aromatic nitrogens is 1. The van der Waals surface area contributed by atoms with Gasteiger partial charge in [0.1, 0.15) is 16.5 Å². The fourth-order valence-electron chi connectivity index (χ4n) is 1.86. The van der Waals surface area contributed by atoms with E-state index in [9.17, 15) is 5.26 Å². The monoisotopic (exact) mass is 284 g/mol. The lowest BCUT2D eigenvalue weighted by atomic mass is 10.1. The van der Waals surface area contributed by atoms with Crippen LogP contribution < -0.4 is 0 Å². The van der Waals surface area contributed by atoms with Crippen LogP contribution in [0.25, 0.3) is 21.9 Å². The normalized spacial score (nSPS) is 10.3. The van der Waals surface area contributed by atoms with E-state index >= 15 is 0 Å². The molecule has 0 fully saturated rings. The molecular weight excluding hydrogens is 276 g/mol. The molecule has 0 unspecified atom stereocenters. The van der Waals surface area contributed by atoms with E-state index in [0.29, 0.717) is 16.0 Å². The maximum atomic E-state index is 9.26. The first kappa shape index (κ1) is 11.9. The molecule has 0 saturated heterocycles. The van der Waals surface area contributed by atoms with Gasteiger partial charge in [-0.1, -0.05) is 18.3 Å². The van der Waals surface area contributed by atoms with Gasteiger partial charge >= 0.3 is 0 Å². The van der Waals surface area contributed by atoms with Crippen LogP contribution in [0.3, 0.4) is 0 Å². The maximum Gasteiger partial charge on any atom is 0.150 e. The van der Waals surface area contributed by atoms with Gasteiger partial charge in [0, 0.05) is 10.4 Å². The van der Waals surface area contributed by atoms with Crippen molar-refractivity contribution >= 4 is 23.6 Å². The molecule has 0 aliphatic rings. The number of hydrogen-bond donors (Lipinski definition) is 1. The fraction of sp³-hybridized carbons (Fsp3) is 0. The van der Waals surface area contributed by atoms with Crippen LogP contribution >= 0.6 is 23.6 Å². The zero-order valence-electron chi connectivity index (χ0n) is 9.71. The van der Waals surface area contributed by atoms with Crippen molar-refractivity contribution in [2.24, 2.45) is 0 Å². The highest BCUT2D eigenvalue weighted by Gasteiger charge is 2.12. The number of thiophene rings is 1. The van der Waals surface area contributed by atoms with Crippen LogP contribution in [-0.4, -0.2) is 4.98 Å². The van der Waals surface area contributed by atoms with Crippen LogP contribution in [0, 0.1) is 16.0 Å². The minimum Gasteiger partial charge on any atom is -0.463 e. The van der Waals surface area contributed by atoms with E-state index in [0.717, 1.165) is 16.1 Å². The lowest BCUT2D eigenvalue weighted by molar-refractivity contribution is 0.580. The highest BCUT2D eigenvalue weighted by atomic mass is 32.1. The summed E-state index contributed by atoms with van der Waals surface area (Å²) in [6.45, 7) is 0. The van der Waals surface area contributed by atoms with Crippen molar-refractivity contribution in [2.45, 2.75) is 0 Å². The lowest BCUT2D eigenvalue weighted by Crippen LogP contribution is -1.90. The molecule has 3 aromatic rings. The molecule has 0 spiro atoms. The van der Waals surface area contributed by atoms with Crippen LogP contribution in [0.1, 0.15) is 5.56 Å². The van der Waals surface area contributed by atoms with Gasteiger partial charge in [0.2, 0.25) is 0 Å². The summed E-state index contributed by atoms with van der Waals surface area (Å²) < 4.78 is 5.79. The molecule has 0 radical (unpaired) electrons.